The van der Waals surface area contributed by atoms with Crippen molar-refractivity contribution in [1.82, 2.24) is 15.1 Å². The van der Waals surface area contributed by atoms with E-state index in [9.17, 15) is 9.90 Å². The van der Waals surface area contributed by atoms with Gasteiger partial charge in [-0.3, -0.25) is 9.48 Å². The third-order valence-electron chi connectivity index (χ3n) is 3.93. The summed E-state index contributed by atoms with van der Waals surface area (Å²) >= 11 is 0. The van der Waals surface area contributed by atoms with Gasteiger partial charge >= 0.3 is 0 Å². The monoisotopic (exact) mass is 295 g/mol. The molecule has 1 heterocycles. The molecule has 2 atom stereocenters. The number of nitrogens with one attached hydrogen (secondary N) is 1. The number of amides is 1. The van der Waals surface area contributed by atoms with E-state index in [1.807, 2.05) is 18.5 Å². The fourth-order valence-corrected chi connectivity index (χ4v) is 2.68. The second kappa shape index (κ2) is 8.17. The van der Waals surface area contributed by atoms with Crippen LogP contribution in [0.15, 0.2) is 6.20 Å². The summed E-state index contributed by atoms with van der Waals surface area (Å²) in [5.41, 5.74) is 1.57. The topological polar surface area (TPSA) is 67.2 Å². The van der Waals surface area contributed by atoms with Crippen molar-refractivity contribution in [3.8, 4) is 0 Å². The highest BCUT2D eigenvalue weighted by Crippen LogP contribution is 2.19. The van der Waals surface area contributed by atoms with Gasteiger partial charge in [-0.2, -0.15) is 5.10 Å². The van der Waals surface area contributed by atoms with Gasteiger partial charge in [0.2, 0.25) is 0 Å². The van der Waals surface area contributed by atoms with Crippen molar-refractivity contribution in [3.05, 3.63) is 17.5 Å². The van der Waals surface area contributed by atoms with Crippen molar-refractivity contribution in [3.63, 3.8) is 0 Å². The molecule has 0 saturated heterocycles. The molecule has 2 N–H and O–H groups in total. The molecule has 5 nitrogen and oxygen atoms in total. The van der Waals surface area contributed by atoms with Gasteiger partial charge in [-0.1, -0.05) is 20.8 Å². The minimum absolute atomic E-state index is 0.0813. The van der Waals surface area contributed by atoms with Crippen LogP contribution in [0.1, 0.15) is 69.1 Å². The Labute approximate surface area is 127 Å². The van der Waals surface area contributed by atoms with E-state index in [1.54, 1.807) is 13.1 Å². The fraction of sp³-hybridized carbons (Fsp3) is 0.750. The van der Waals surface area contributed by atoms with Gasteiger partial charge in [0.05, 0.1) is 23.9 Å². The summed E-state index contributed by atoms with van der Waals surface area (Å²) in [6, 6.07) is 0.348. The Morgan fingerprint density at radius 2 is 2.00 bits per heavy atom. The van der Waals surface area contributed by atoms with Crippen molar-refractivity contribution < 1.29 is 9.90 Å². The quantitative estimate of drug-likeness (QED) is 0.775. The molecule has 0 aliphatic rings. The molecule has 0 spiro atoms. The Bertz CT molecular complexity index is 450. The van der Waals surface area contributed by atoms with Crippen LogP contribution in [0, 0.1) is 12.8 Å². The van der Waals surface area contributed by atoms with Crippen LogP contribution in [-0.2, 0) is 0 Å². The molecule has 21 heavy (non-hydrogen) atoms. The first-order chi connectivity index (χ1) is 9.90. The zero-order valence-electron chi connectivity index (χ0n) is 13.9. The average molecular weight is 295 g/mol. The van der Waals surface area contributed by atoms with Gasteiger partial charge in [0.15, 0.2) is 0 Å². The predicted molar refractivity (Wildman–Crippen MR) is 84.4 cm³/mol. The average Bonchev–Trinajstić information content (AvgIpc) is 2.79. The van der Waals surface area contributed by atoms with E-state index in [0.29, 0.717) is 24.6 Å². The zero-order valence-corrected chi connectivity index (χ0v) is 13.9. The Morgan fingerprint density at radius 1 is 1.38 bits per heavy atom. The van der Waals surface area contributed by atoms with Crippen LogP contribution in [0.4, 0.5) is 0 Å². The summed E-state index contributed by atoms with van der Waals surface area (Å²) < 4.78 is 1.95. The molecule has 5 heteroatoms. The lowest BCUT2D eigenvalue weighted by molar-refractivity contribution is 0.0938. The first-order valence-corrected chi connectivity index (χ1v) is 7.90. The van der Waals surface area contributed by atoms with Crippen molar-refractivity contribution in [2.75, 3.05) is 6.54 Å². The van der Waals surface area contributed by atoms with Crippen LogP contribution in [0.25, 0.3) is 0 Å². The van der Waals surface area contributed by atoms with Gasteiger partial charge in [0.25, 0.3) is 5.91 Å². The van der Waals surface area contributed by atoms with Crippen molar-refractivity contribution in [2.24, 2.45) is 5.92 Å². The Kier molecular flexibility index (Phi) is 6.89. The molecular weight excluding hydrogens is 266 g/mol. The first-order valence-electron chi connectivity index (χ1n) is 7.90. The van der Waals surface area contributed by atoms with Crippen molar-refractivity contribution in [1.29, 1.82) is 0 Å². The van der Waals surface area contributed by atoms with Crippen LogP contribution in [-0.4, -0.2) is 33.4 Å². The van der Waals surface area contributed by atoms with E-state index in [4.69, 9.17) is 0 Å². The number of nitrogens with zero attached hydrogens (tertiary/aromatic N) is 2. The van der Waals surface area contributed by atoms with Crippen molar-refractivity contribution in [2.45, 2.75) is 66.0 Å². The van der Waals surface area contributed by atoms with Crippen LogP contribution >= 0.6 is 0 Å². The van der Waals surface area contributed by atoms with Gasteiger partial charge in [0.1, 0.15) is 0 Å². The maximum Gasteiger partial charge on any atom is 0.254 e. The van der Waals surface area contributed by atoms with E-state index >= 15 is 0 Å². The lowest BCUT2D eigenvalue weighted by Crippen LogP contribution is -2.29. The van der Waals surface area contributed by atoms with Gasteiger partial charge in [-0.15, -0.1) is 0 Å². The predicted octanol–water partition coefficient (Wildman–Crippen LogP) is 2.69. The maximum atomic E-state index is 12.2. The molecule has 0 bridgehead atoms. The largest absolute Gasteiger partial charge is 0.393 e. The summed E-state index contributed by atoms with van der Waals surface area (Å²) in [4.78, 5) is 12.2. The number of carbonyl (C=O) groups is 1. The summed E-state index contributed by atoms with van der Waals surface area (Å²) in [7, 11) is 0. The fourth-order valence-electron chi connectivity index (χ4n) is 2.68. The van der Waals surface area contributed by atoms with Crippen LogP contribution < -0.4 is 5.32 Å². The number of aromatic nitrogens is 2. The molecule has 0 saturated carbocycles. The molecule has 0 aliphatic carbocycles. The Morgan fingerprint density at radius 3 is 2.52 bits per heavy atom. The molecule has 1 aromatic rings. The lowest BCUT2D eigenvalue weighted by Gasteiger charge is -2.16. The number of aliphatic hydroxyl groups is 1. The van der Waals surface area contributed by atoms with Crippen LogP contribution in [0.3, 0.4) is 0 Å². The van der Waals surface area contributed by atoms with Gasteiger partial charge in [-0.05, 0) is 39.0 Å². The molecule has 1 amide bonds. The molecule has 2 unspecified atom stereocenters. The van der Waals surface area contributed by atoms with Crippen LogP contribution in [0.5, 0.6) is 0 Å². The minimum Gasteiger partial charge on any atom is -0.393 e. The third-order valence-corrected chi connectivity index (χ3v) is 3.93. The van der Waals surface area contributed by atoms with E-state index in [0.717, 1.165) is 18.5 Å². The second-order valence-corrected chi connectivity index (χ2v) is 5.96. The van der Waals surface area contributed by atoms with E-state index in [1.165, 1.54) is 0 Å². The number of aliphatic hydroxyl groups excluding tert-OH is 1. The molecule has 1 rings (SSSR count). The maximum absolute atomic E-state index is 12.2. The van der Waals surface area contributed by atoms with E-state index in [-0.39, 0.29) is 17.9 Å². The SMILES string of the molecule is CCC(CC)n1ncc(C(=O)NCC(C)CC(C)O)c1C. The van der Waals surface area contributed by atoms with Gasteiger partial charge < -0.3 is 10.4 Å². The number of hydrogen-bond donors (Lipinski definition) is 2. The molecule has 0 fully saturated rings. The molecule has 0 aromatic carbocycles. The number of rotatable bonds is 8. The Balaban J connectivity index is 2.67. The first kappa shape index (κ1) is 17.7. The van der Waals surface area contributed by atoms with Gasteiger partial charge in [0, 0.05) is 12.2 Å². The summed E-state index contributed by atoms with van der Waals surface area (Å²) in [5.74, 6) is 0.172. The molecular formula is C16H29N3O2. The van der Waals surface area contributed by atoms with Crippen LogP contribution in [0.2, 0.25) is 0 Å². The summed E-state index contributed by atoms with van der Waals surface area (Å²) in [6.45, 7) is 10.6. The van der Waals surface area contributed by atoms with Crippen molar-refractivity contribution >= 4 is 5.91 Å². The zero-order chi connectivity index (χ0) is 16.0. The standard InChI is InChI=1S/C16H29N3O2/c1-6-14(7-2)19-13(5)15(10-18-19)16(21)17-9-11(3)8-12(4)20/h10-12,14,20H,6-9H2,1-5H3,(H,17,21). The lowest BCUT2D eigenvalue weighted by atomic mass is 10.0. The molecule has 1 aromatic heterocycles. The highest BCUT2D eigenvalue weighted by molar-refractivity contribution is 5.95. The smallest absolute Gasteiger partial charge is 0.254 e. The Hall–Kier alpha value is -1.36. The highest BCUT2D eigenvalue weighted by Gasteiger charge is 2.18. The molecule has 120 valence electrons. The summed E-state index contributed by atoms with van der Waals surface area (Å²) in [5, 5.41) is 16.6. The van der Waals surface area contributed by atoms with E-state index in [2.05, 4.69) is 24.3 Å². The molecule has 0 radical (unpaired) electrons. The second-order valence-electron chi connectivity index (χ2n) is 5.96. The minimum atomic E-state index is -0.337. The normalized spacial score (nSPS) is 14.2. The van der Waals surface area contributed by atoms with E-state index < -0.39 is 0 Å². The summed E-state index contributed by atoms with van der Waals surface area (Å²) in [6.07, 6.45) is 4.02. The van der Waals surface area contributed by atoms with Gasteiger partial charge in [-0.25, -0.2) is 0 Å². The number of carbonyl (C=O) groups excluding carboxylic acids is 1. The number of hydrogen-bond acceptors (Lipinski definition) is 3. The highest BCUT2D eigenvalue weighted by atomic mass is 16.3. The third kappa shape index (κ3) is 4.84. The molecule has 0 aliphatic heterocycles.